The van der Waals surface area contributed by atoms with Crippen molar-refractivity contribution in [2.24, 2.45) is 4.99 Å². The van der Waals surface area contributed by atoms with E-state index >= 15 is 0 Å². The van der Waals surface area contributed by atoms with E-state index in [0.29, 0.717) is 19.0 Å². The monoisotopic (exact) mass is 499 g/mol. The second-order valence-electron chi connectivity index (χ2n) is 6.07. The number of hydrogen-bond donors (Lipinski definition) is 2. The van der Waals surface area contributed by atoms with Gasteiger partial charge in [-0.1, -0.05) is 18.2 Å². The summed E-state index contributed by atoms with van der Waals surface area (Å²) < 4.78 is 22.0. The first-order valence-corrected chi connectivity index (χ1v) is 8.82. The van der Waals surface area contributed by atoms with Gasteiger partial charge in [0.25, 0.3) is 0 Å². The van der Waals surface area contributed by atoms with Crippen molar-refractivity contribution >= 4 is 29.9 Å². The van der Waals surface area contributed by atoms with Gasteiger partial charge in [0.1, 0.15) is 6.10 Å². The van der Waals surface area contributed by atoms with Gasteiger partial charge >= 0.3 is 0 Å². The molecule has 0 radical (unpaired) electrons. The molecule has 1 aliphatic heterocycles. The molecule has 1 atom stereocenters. The van der Waals surface area contributed by atoms with E-state index in [9.17, 15) is 0 Å². The lowest BCUT2D eigenvalue weighted by Crippen LogP contribution is -2.41. The summed E-state index contributed by atoms with van der Waals surface area (Å²) in [5.74, 6) is 3.69. The molecule has 0 aliphatic carbocycles. The molecule has 1 heterocycles. The Kier molecular flexibility index (Phi) is 8.49. The molecule has 2 aromatic rings. The minimum atomic E-state index is -0.0645. The fourth-order valence-corrected chi connectivity index (χ4v) is 2.67. The second-order valence-corrected chi connectivity index (χ2v) is 6.07. The highest BCUT2D eigenvalue weighted by atomic mass is 127. The zero-order valence-electron chi connectivity index (χ0n) is 16.2. The smallest absolute Gasteiger partial charge is 0.231 e. The van der Waals surface area contributed by atoms with Gasteiger partial charge in [-0.3, -0.25) is 4.99 Å². The normalized spacial score (nSPS) is 13.3. The lowest BCUT2D eigenvalue weighted by atomic mass is 10.2. The van der Waals surface area contributed by atoms with Gasteiger partial charge < -0.3 is 29.6 Å². The van der Waals surface area contributed by atoms with Gasteiger partial charge in [0.2, 0.25) is 6.79 Å². The average Bonchev–Trinajstić information content (AvgIpc) is 3.16. The van der Waals surface area contributed by atoms with Gasteiger partial charge in [0.15, 0.2) is 29.0 Å². The Morgan fingerprint density at radius 3 is 2.61 bits per heavy atom. The standard InChI is InChI=1S/C20H25N3O4.HI/c1-14(27-18-7-5-4-6-16(18)24-3)11-22-20(21-2)23-12-15-8-9-17-19(10-15)26-13-25-17;/h4-10,14H,11-13H2,1-3H3,(H2,21,22,23);1H. The Morgan fingerprint density at radius 2 is 1.86 bits per heavy atom. The third-order valence-electron chi connectivity index (χ3n) is 4.07. The molecule has 0 bridgehead atoms. The predicted molar refractivity (Wildman–Crippen MR) is 119 cm³/mol. The molecule has 0 aromatic heterocycles. The second kappa shape index (κ2) is 10.8. The summed E-state index contributed by atoms with van der Waals surface area (Å²) in [5, 5.41) is 6.55. The van der Waals surface area contributed by atoms with Crippen LogP contribution in [0.1, 0.15) is 12.5 Å². The summed E-state index contributed by atoms with van der Waals surface area (Å²) in [5.41, 5.74) is 1.08. The molecule has 1 unspecified atom stereocenters. The summed E-state index contributed by atoms with van der Waals surface area (Å²) in [4.78, 5) is 4.25. The number of fused-ring (bicyclic) bond motifs is 1. The van der Waals surface area contributed by atoms with Crippen LogP contribution in [0.25, 0.3) is 0 Å². The minimum Gasteiger partial charge on any atom is -0.493 e. The molecule has 152 valence electrons. The Hall–Kier alpha value is -2.36. The van der Waals surface area contributed by atoms with Gasteiger partial charge in [0.05, 0.1) is 13.7 Å². The fourth-order valence-electron chi connectivity index (χ4n) is 2.67. The number of para-hydroxylation sites is 2. The summed E-state index contributed by atoms with van der Waals surface area (Å²) >= 11 is 0. The Labute approximate surface area is 182 Å². The number of methoxy groups -OCH3 is 1. The van der Waals surface area contributed by atoms with Crippen molar-refractivity contribution in [2.75, 3.05) is 27.5 Å². The number of nitrogens with one attached hydrogen (secondary N) is 2. The van der Waals surface area contributed by atoms with E-state index < -0.39 is 0 Å². The molecule has 3 rings (SSSR count). The van der Waals surface area contributed by atoms with Crippen molar-refractivity contribution in [1.29, 1.82) is 0 Å². The van der Waals surface area contributed by atoms with E-state index in [0.717, 1.165) is 28.6 Å². The Balaban J connectivity index is 0.00000280. The molecule has 7 nitrogen and oxygen atoms in total. The van der Waals surface area contributed by atoms with E-state index in [4.69, 9.17) is 18.9 Å². The third kappa shape index (κ3) is 5.82. The van der Waals surface area contributed by atoms with Gasteiger partial charge in [-0.2, -0.15) is 0 Å². The van der Waals surface area contributed by atoms with Gasteiger partial charge in [-0.25, -0.2) is 0 Å². The molecule has 0 saturated heterocycles. The largest absolute Gasteiger partial charge is 0.493 e. The molecule has 0 saturated carbocycles. The SMILES string of the molecule is CN=C(NCc1ccc2c(c1)OCO2)NCC(C)Oc1ccccc1OC.I. The van der Waals surface area contributed by atoms with Crippen LogP contribution in [0.2, 0.25) is 0 Å². The lowest BCUT2D eigenvalue weighted by molar-refractivity contribution is 0.174. The first kappa shape index (κ1) is 21.9. The maximum Gasteiger partial charge on any atom is 0.231 e. The summed E-state index contributed by atoms with van der Waals surface area (Å²) in [7, 11) is 3.37. The zero-order chi connectivity index (χ0) is 19.1. The summed E-state index contributed by atoms with van der Waals surface area (Å²) in [6.07, 6.45) is -0.0645. The lowest BCUT2D eigenvalue weighted by Gasteiger charge is -2.19. The molecule has 8 heteroatoms. The molecule has 0 spiro atoms. The highest BCUT2D eigenvalue weighted by Crippen LogP contribution is 2.32. The van der Waals surface area contributed by atoms with Crippen LogP contribution in [0.15, 0.2) is 47.5 Å². The third-order valence-corrected chi connectivity index (χ3v) is 4.07. The predicted octanol–water partition coefficient (Wildman–Crippen LogP) is 3.17. The molecular weight excluding hydrogens is 473 g/mol. The van der Waals surface area contributed by atoms with Crippen molar-refractivity contribution in [3.63, 3.8) is 0 Å². The summed E-state index contributed by atoms with van der Waals surface area (Å²) in [6, 6.07) is 13.5. The van der Waals surface area contributed by atoms with E-state index in [2.05, 4.69) is 15.6 Å². The van der Waals surface area contributed by atoms with Crippen LogP contribution in [0.4, 0.5) is 0 Å². The number of nitrogens with zero attached hydrogens (tertiary/aromatic N) is 1. The van der Waals surface area contributed by atoms with E-state index in [1.165, 1.54) is 0 Å². The Morgan fingerprint density at radius 1 is 1.11 bits per heavy atom. The molecule has 2 aromatic carbocycles. The van der Waals surface area contributed by atoms with Crippen LogP contribution in [-0.2, 0) is 6.54 Å². The number of hydrogen-bond acceptors (Lipinski definition) is 5. The topological polar surface area (TPSA) is 73.3 Å². The van der Waals surface area contributed by atoms with Crippen molar-refractivity contribution in [1.82, 2.24) is 10.6 Å². The Bertz CT molecular complexity index is 801. The molecule has 28 heavy (non-hydrogen) atoms. The van der Waals surface area contributed by atoms with Crippen molar-refractivity contribution < 1.29 is 18.9 Å². The van der Waals surface area contributed by atoms with Crippen molar-refractivity contribution in [3.05, 3.63) is 48.0 Å². The molecule has 2 N–H and O–H groups in total. The van der Waals surface area contributed by atoms with Crippen LogP contribution >= 0.6 is 24.0 Å². The quantitative estimate of drug-likeness (QED) is 0.347. The molecule has 0 amide bonds. The average molecular weight is 499 g/mol. The van der Waals surface area contributed by atoms with Crippen LogP contribution in [0.3, 0.4) is 0 Å². The first-order chi connectivity index (χ1) is 13.2. The van der Waals surface area contributed by atoms with Crippen molar-refractivity contribution in [3.8, 4) is 23.0 Å². The molecular formula is C20H26IN3O4. The van der Waals surface area contributed by atoms with Crippen LogP contribution in [-0.4, -0.2) is 39.6 Å². The maximum absolute atomic E-state index is 5.94. The van der Waals surface area contributed by atoms with E-state index in [-0.39, 0.29) is 36.9 Å². The first-order valence-electron chi connectivity index (χ1n) is 8.82. The van der Waals surface area contributed by atoms with E-state index in [1.807, 2.05) is 49.4 Å². The van der Waals surface area contributed by atoms with Gasteiger partial charge in [-0.15, -0.1) is 24.0 Å². The zero-order valence-corrected chi connectivity index (χ0v) is 18.6. The van der Waals surface area contributed by atoms with E-state index in [1.54, 1.807) is 14.2 Å². The number of benzene rings is 2. The summed E-state index contributed by atoms with van der Waals surface area (Å²) in [6.45, 7) is 3.49. The fraction of sp³-hybridized carbons (Fsp3) is 0.350. The maximum atomic E-state index is 5.94. The van der Waals surface area contributed by atoms with Crippen LogP contribution < -0.4 is 29.6 Å². The number of ether oxygens (including phenoxy) is 4. The molecule has 0 fully saturated rings. The number of rotatable bonds is 7. The molecule has 1 aliphatic rings. The van der Waals surface area contributed by atoms with Crippen LogP contribution in [0, 0.1) is 0 Å². The van der Waals surface area contributed by atoms with Crippen molar-refractivity contribution in [2.45, 2.75) is 19.6 Å². The van der Waals surface area contributed by atoms with Gasteiger partial charge in [0, 0.05) is 13.6 Å². The van der Waals surface area contributed by atoms with Crippen LogP contribution in [0.5, 0.6) is 23.0 Å². The number of halogens is 1. The highest BCUT2D eigenvalue weighted by molar-refractivity contribution is 14.0. The number of guanidine groups is 1. The minimum absolute atomic E-state index is 0. The number of aliphatic imine (C=N–C) groups is 1. The highest BCUT2D eigenvalue weighted by Gasteiger charge is 2.13. The van der Waals surface area contributed by atoms with Gasteiger partial charge in [-0.05, 0) is 36.8 Å².